The molecule has 1 aromatic heterocycles. The minimum absolute atomic E-state index is 0.294. The molecule has 0 saturated carbocycles. The van der Waals surface area contributed by atoms with Gasteiger partial charge < -0.3 is 4.98 Å². The second-order valence-electron chi connectivity index (χ2n) is 7.70. The minimum atomic E-state index is 0.294. The number of halogens is 1. The monoisotopic (exact) mass is 451 g/mol. The SMILES string of the molecule is Brc1ccc([C@H](Cc2c[nH]c(-c3ccccc3)c2)c2ccc3ccccc3c2)cc1. The first-order valence-electron chi connectivity index (χ1n) is 10.2. The van der Waals surface area contributed by atoms with Crippen LogP contribution in [0.1, 0.15) is 22.6 Å². The summed E-state index contributed by atoms with van der Waals surface area (Å²) in [6.45, 7) is 0. The van der Waals surface area contributed by atoms with E-state index in [0.717, 1.165) is 10.9 Å². The topological polar surface area (TPSA) is 15.8 Å². The lowest BCUT2D eigenvalue weighted by Crippen LogP contribution is -2.04. The third-order valence-corrected chi connectivity index (χ3v) is 6.24. The summed E-state index contributed by atoms with van der Waals surface area (Å²) >= 11 is 3.57. The maximum Gasteiger partial charge on any atom is 0.0456 e. The van der Waals surface area contributed by atoms with Gasteiger partial charge in [0.25, 0.3) is 0 Å². The summed E-state index contributed by atoms with van der Waals surface area (Å²) in [5.74, 6) is 0.294. The summed E-state index contributed by atoms with van der Waals surface area (Å²) in [6.07, 6.45) is 3.10. The summed E-state index contributed by atoms with van der Waals surface area (Å²) in [6, 6.07) is 36.9. The van der Waals surface area contributed by atoms with Crippen LogP contribution in [0.2, 0.25) is 0 Å². The van der Waals surface area contributed by atoms with E-state index in [0.29, 0.717) is 5.92 Å². The predicted octanol–water partition coefficient (Wildman–Crippen LogP) is 7.97. The van der Waals surface area contributed by atoms with E-state index < -0.39 is 0 Å². The molecule has 30 heavy (non-hydrogen) atoms. The molecule has 0 aliphatic heterocycles. The van der Waals surface area contributed by atoms with Crippen molar-refractivity contribution in [3.05, 3.63) is 130 Å². The summed E-state index contributed by atoms with van der Waals surface area (Å²) in [5, 5.41) is 2.57. The van der Waals surface area contributed by atoms with E-state index in [-0.39, 0.29) is 0 Å². The molecule has 0 saturated heterocycles. The number of benzene rings is 4. The fourth-order valence-electron chi connectivity index (χ4n) is 4.12. The van der Waals surface area contributed by atoms with Gasteiger partial charge in [-0.1, -0.05) is 101 Å². The van der Waals surface area contributed by atoms with Crippen molar-refractivity contribution in [3.8, 4) is 11.3 Å². The highest BCUT2D eigenvalue weighted by Crippen LogP contribution is 2.32. The molecule has 1 N–H and O–H groups in total. The Morgan fingerprint density at radius 3 is 2.17 bits per heavy atom. The van der Waals surface area contributed by atoms with Gasteiger partial charge in [-0.3, -0.25) is 0 Å². The first kappa shape index (κ1) is 18.9. The van der Waals surface area contributed by atoms with Crippen molar-refractivity contribution in [2.45, 2.75) is 12.3 Å². The molecule has 0 aliphatic rings. The van der Waals surface area contributed by atoms with Gasteiger partial charge in [0.05, 0.1) is 0 Å². The van der Waals surface area contributed by atoms with Crippen LogP contribution in [0, 0.1) is 0 Å². The van der Waals surface area contributed by atoms with Crippen molar-refractivity contribution in [2.24, 2.45) is 0 Å². The third kappa shape index (κ3) is 3.96. The number of H-pyrrole nitrogens is 1. The number of hydrogen-bond donors (Lipinski definition) is 1. The Kier molecular flexibility index (Phi) is 5.25. The zero-order valence-corrected chi connectivity index (χ0v) is 18.1. The Morgan fingerprint density at radius 2 is 1.37 bits per heavy atom. The van der Waals surface area contributed by atoms with E-state index in [1.165, 1.54) is 38.7 Å². The lowest BCUT2D eigenvalue weighted by atomic mass is 9.85. The molecule has 0 unspecified atom stereocenters. The lowest BCUT2D eigenvalue weighted by molar-refractivity contribution is 0.807. The molecule has 1 nitrogen and oxygen atoms in total. The van der Waals surface area contributed by atoms with Crippen LogP contribution in [0.15, 0.2) is 114 Å². The molecule has 0 spiro atoms. The Bertz CT molecular complexity index is 1270. The van der Waals surface area contributed by atoms with Gasteiger partial charge in [0.15, 0.2) is 0 Å². The number of nitrogens with one attached hydrogen (secondary N) is 1. The van der Waals surface area contributed by atoms with Crippen molar-refractivity contribution >= 4 is 26.7 Å². The highest BCUT2D eigenvalue weighted by Gasteiger charge is 2.17. The van der Waals surface area contributed by atoms with Gasteiger partial charge in [-0.2, -0.15) is 0 Å². The Labute approximate surface area is 185 Å². The summed E-state index contributed by atoms with van der Waals surface area (Å²) in [4.78, 5) is 3.46. The summed E-state index contributed by atoms with van der Waals surface area (Å²) in [7, 11) is 0. The number of fused-ring (bicyclic) bond motifs is 1. The van der Waals surface area contributed by atoms with E-state index in [2.05, 4.69) is 130 Å². The van der Waals surface area contributed by atoms with Crippen LogP contribution in [0.3, 0.4) is 0 Å². The molecule has 2 heteroatoms. The quantitative estimate of drug-likeness (QED) is 0.278. The van der Waals surface area contributed by atoms with E-state index in [1.54, 1.807) is 0 Å². The molecule has 0 amide bonds. The molecule has 5 rings (SSSR count). The first-order chi connectivity index (χ1) is 14.8. The van der Waals surface area contributed by atoms with Crippen LogP contribution in [0.25, 0.3) is 22.0 Å². The van der Waals surface area contributed by atoms with Crippen molar-refractivity contribution in [2.75, 3.05) is 0 Å². The Balaban J connectivity index is 1.53. The zero-order valence-electron chi connectivity index (χ0n) is 16.6. The van der Waals surface area contributed by atoms with Crippen molar-refractivity contribution in [1.29, 1.82) is 0 Å². The fourth-order valence-corrected chi connectivity index (χ4v) is 4.39. The second-order valence-corrected chi connectivity index (χ2v) is 8.62. The van der Waals surface area contributed by atoms with Gasteiger partial charge in [-0.25, -0.2) is 0 Å². The fraction of sp³-hybridized carbons (Fsp3) is 0.0714. The standard InChI is InChI=1S/C28H22BrN/c29-26-14-12-22(13-15-26)27(25-11-10-21-6-4-5-9-24(21)18-25)16-20-17-28(30-19-20)23-7-2-1-3-8-23/h1-15,17-19,27,30H,16H2/t27-/m0/s1. The van der Waals surface area contributed by atoms with E-state index in [9.17, 15) is 0 Å². The predicted molar refractivity (Wildman–Crippen MR) is 130 cm³/mol. The molecule has 5 aromatic rings. The highest BCUT2D eigenvalue weighted by molar-refractivity contribution is 9.10. The van der Waals surface area contributed by atoms with Crippen molar-refractivity contribution in [1.82, 2.24) is 4.98 Å². The highest BCUT2D eigenvalue weighted by atomic mass is 79.9. The average Bonchev–Trinajstić information content (AvgIpc) is 3.27. The molecule has 0 fully saturated rings. The third-order valence-electron chi connectivity index (χ3n) is 5.72. The van der Waals surface area contributed by atoms with Crippen LogP contribution in [0.5, 0.6) is 0 Å². The number of aromatic nitrogens is 1. The Morgan fingerprint density at radius 1 is 0.667 bits per heavy atom. The number of hydrogen-bond acceptors (Lipinski definition) is 0. The normalized spacial score (nSPS) is 12.2. The van der Waals surface area contributed by atoms with Gasteiger partial charge in [0.2, 0.25) is 0 Å². The molecule has 4 aromatic carbocycles. The van der Waals surface area contributed by atoms with E-state index in [1.807, 2.05) is 0 Å². The minimum Gasteiger partial charge on any atom is -0.361 e. The molecule has 0 radical (unpaired) electrons. The maximum absolute atomic E-state index is 3.57. The largest absolute Gasteiger partial charge is 0.361 e. The van der Waals surface area contributed by atoms with Gasteiger partial charge in [-0.15, -0.1) is 0 Å². The maximum atomic E-state index is 3.57. The van der Waals surface area contributed by atoms with Crippen LogP contribution in [-0.2, 0) is 6.42 Å². The first-order valence-corrected chi connectivity index (χ1v) is 11.0. The van der Waals surface area contributed by atoms with Crippen molar-refractivity contribution in [3.63, 3.8) is 0 Å². The van der Waals surface area contributed by atoms with Crippen LogP contribution in [0.4, 0.5) is 0 Å². The van der Waals surface area contributed by atoms with Crippen LogP contribution >= 0.6 is 15.9 Å². The van der Waals surface area contributed by atoms with Gasteiger partial charge in [0, 0.05) is 22.3 Å². The van der Waals surface area contributed by atoms with Crippen molar-refractivity contribution < 1.29 is 0 Å². The van der Waals surface area contributed by atoms with Gasteiger partial charge in [-0.05, 0) is 57.6 Å². The molecule has 1 heterocycles. The van der Waals surface area contributed by atoms with Crippen LogP contribution in [-0.4, -0.2) is 4.98 Å². The molecular formula is C28H22BrN. The second kappa shape index (κ2) is 8.33. The summed E-state index contributed by atoms with van der Waals surface area (Å²) < 4.78 is 1.11. The molecule has 1 atom stereocenters. The number of aromatic amines is 1. The molecule has 0 bridgehead atoms. The van der Waals surface area contributed by atoms with Gasteiger partial charge in [0.1, 0.15) is 0 Å². The molecule has 0 aliphatic carbocycles. The summed E-state index contributed by atoms with van der Waals surface area (Å²) in [5.41, 5.74) is 6.37. The zero-order chi connectivity index (χ0) is 20.3. The smallest absolute Gasteiger partial charge is 0.0456 e. The van der Waals surface area contributed by atoms with Crippen LogP contribution < -0.4 is 0 Å². The van der Waals surface area contributed by atoms with E-state index in [4.69, 9.17) is 0 Å². The molecule has 146 valence electrons. The lowest BCUT2D eigenvalue weighted by Gasteiger charge is -2.18. The van der Waals surface area contributed by atoms with Gasteiger partial charge >= 0.3 is 0 Å². The van der Waals surface area contributed by atoms with E-state index >= 15 is 0 Å². The average molecular weight is 452 g/mol. The Hall–Kier alpha value is -3.10. The molecular weight excluding hydrogens is 430 g/mol. The number of rotatable bonds is 5.